The number of hydrogen-bond acceptors (Lipinski definition) is 4. The Morgan fingerprint density at radius 2 is 2.04 bits per heavy atom. The van der Waals surface area contributed by atoms with Crippen molar-refractivity contribution < 1.29 is 14.3 Å². The molecular weight excluding hydrogens is 318 g/mol. The summed E-state index contributed by atoms with van der Waals surface area (Å²) in [6.45, 7) is 8.68. The van der Waals surface area contributed by atoms with Gasteiger partial charge < -0.3 is 15.4 Å². The highest BCUT2D eigenvalue weighted by molar-refractivity contribution is 5.97. The predicted octanol–water partition coefficient (Wildman–Crippen LogP) is 1.80. The molecule has 0 aliphatic carbocycles. The number of ether oxygens (including phenoxy) is 1. The Kier molecular flexibility index (Phi) is 5.39. The molecule has 0 spiro atoms. The van der Waals surface area contributed by atoms with E-state index in [-0.39, 0.29) is 30.1 Å². The van der Waals surface area contributed by atoms with Gasteiger partial charge in [0.05, 0.1) is 12.2 Å². The van der Waals surface area contributed by atoms with Gasteiger partial charge in [0.2, 0.25) is 5.91 Å². The molecule has 0 saturated carbocycles. The topological polar surface area (TPSA) is 70.7 Å². The van der Waals surface area contributed by atoms with Gasteiger partial charge in [0.15, 0.2) is 0 Å². The van der Waals surface area contributed by atoms with E-state index < -0.39 is 0 Å². The van der Waals surface area contributed by atoms with Gasteiger partial charge in [0.25, 0.3) is 5.91 Å². The van der Waals surface area contributed by atoms with Crippen molar-refractivity contribution in [3.63, 3.8) is 0 Å². The number of carbonyl (C=O) groups excluding carboxylic acids is 2. The summed E-state index contributed by atoms with van der Waals surface area (Å²) in [5.74, 6) is -0.0339. The van der Waals surface area contributed by atoms with Gasteiger partial charge in [-0.05, 0) is 51.0 Å². The summed E-state index contributed by atoms with van der Waals surface area (Å²) >= 11 is 0. The Labute approximate surface area is 148 Å². The number of fused-ring (bicyclic) bond motifs is 1. The Morgan fingerprint density at radius 3 is 2.76 bits per heavy atom. The number of benzene rings is 1. The van der Waals surface area contributed by atoms with Crippen molar-refractivity contribution in [3.05, 3.63) is 29.3 Å². The Morgan fingerprint density at radius 1 is 1.32 bits per heavy atom. The molecule has 2 aliphatic heterocycles. The molecule has 2 aliphatic rings. The van der Waals surface area contributed by atoms with Crippen LogP contribution in [0.15, 0.2) is 18.2 Å². The number of rotatable bonds is 4. The minimum Gasteiger partial charge on any atom is -0.373 e. The van der Waals surface area contributed by atoms with Crippen molar-refractivity contribution in [2.45, 2.75) is 51.9 Å². The van der Waals surface area contributed by atoms with Gasteiger partial charge in [-0.3, -0.25) is 14.5 Å². The number of aryl methyl sites for hydroxylation is 1. The number of amides is 2. The fraction of sp³-hybridized carbons (Fsp3) is 0.579. The maximum Gasteiger partial charge on any atom is 0.251 e. The molecule has 1 fully saturated rings. The molecule has 2 N–H and O–H groups in total. The number of anilines is 1. The third kappa shape index (κ3) is 4.38. The fourth-order valence-electron chi connectivity index (χ4n) is 3.57. The molecule has 1 aromatic rings. The minimum absolute atomic E-state index is 0.0347. The molecule has 2 amide bonds. The molecule has 3 rings (SSSR count). The van der Waals surface area contributed by atoms with Crippen LogP contribution in [0.1, 0.15) is 43.1 Å². The molecule has 25 heavy (non-hydrogen) atoms. The third-order valence-corrected chi connectivity index (χ3v) is 4.89. The van der Waals surface area contributed by atoms with E-state index in [1.807, 2.05) is 12.1 Å². The molecule has 3 atom stereocenters. The summed E-state index contributed by atoms with van der Waals surface area (Å²) in [4.78, 5) is 26.2. The molecule has 136 valence electrons. The van der Waals surface area contributed by atoms with Gasteiger partial charge in [-0.1, -0.05) is 0 Å². The van der Waals surface area contributed by atoms with Gasteiger partial charge in [-0.25, -0.2) is 0 Å². The van der Waals surface area contributed by atoms with E-state index in [4.69, 9.17) is 4.74 Å². The van der Waals surface area contributed by atoms with Gasteiger partial charge in [-0.2, -0.15) is 0 Å². The van der Waals surface area contributed by atoms with Gasteiger partial charge in [-0.15, -0.1) is 0 Å². The molecular formula is C19H27N3O3. The summed E-state index contributed by atoms with van der Waals surface area (Å²) in [7, 11) is 0. The van der Waals surface area contributed by atoms with Crippen molar-refractivity contribution in [3.8, 4) is 0 Å². The maximum atomic E-state index is 12.5. The van der Waals surface area contributed by atoms with E-state index in [1.54, 1.807) is 6.07 Å². The first kappa shape index (κ1) is 17.9. The molecule has 1 saturated heterocycles. The summed E-state index contributed by atoms with van der Waals surface area (Å²) in [5.41, 5.74) is 2.49. The lowest BCUT2D eigenvalue weighted by molar-refractivity contribution is -0.116. The lowest BCUT2D eigenvalue weighted by Crippen LogP contribution is -2.52. The zero-order chi connectivity index (χ0) is 18.0. The van der Waals surface area contributed by atoms with Crippen LogP contribution in [0.4, 0.5) is 5.69 Å². The van der Waals surface area contributed by atoms with Crippen molar-refractivity contribution >= 4 is 17.5 Å². The first-order valence-electron chi connectivity index (χ1n) is 9.03. The first-order chi connectivity index (χ1) is 11.9. The normalized spacial score (nSPS) is 25.0. The van der Waals surface area contributed by atoms with Crippen molar-refractivity contribution in [2.24, 2.45) is 0 Å². The molecule has 0 radical (unpaired) electrons. The second kappa shape index (κ2) is 7.54. The van der Waals surface area contributed by atoms with E-state index in [9.17, 15) is 9.59 Å². The largest absolute Gasteiger partial charge is 0.373 e. The van der Waals surface area contributed by atoms with Crippen molar-refractivity contribution in [2.75, 3.05) is 25.0 Å². The van der Waals surface area contributed by atoms with Crippen LogP contribution in [-0.2, 0) is 16.0 Å². The van der Waals surface area contributed by atoms with Crippen molar-refractivity contribution in [1.29, 1.82) is 0 Å². The highest BCUT2D eigenvalue weighted by Gasteiger charge is 2.26. The van der Waals surface area contributed by atoms with Crippen LogP contribution in [0.25, 0.3) is 0 Å². The smallest absolute Gasteiger partial charge is 0.251 e. The van der Waals surface area contributed by atoms with Gasteiger partial charge in [0.1, 0.15) is 0 Å². The van der Waals surface area contributed by atoms with Crippen LogP contribution < -0.4 is 10.6 Å². The number of hydrogen-bond donors (Lipinski definition) is 2. The fourth-order valence-corrected chi connectivity index (χ4v) is 3.57. The van der Waals surface area contributed by atoms with Crippen LogP contribution >= 0.6 is 0 Å². The minimum atomic E-state index is -0.0686. The van der Waals surface area contributed by atoms with Gasteiger partial charge in [0, 0.05) is 43.3 Å². The maximum absolute atomic E-state index is 12.5. The summed E-state index contributed by atoms with van der Waals surface area (Å²) in [6.07, 6.45) is 1.60. The molecule has 0 aromatic heterocycles. The molecule has 6 heteroatoms. The van der Waals surface area contributed by atoms with E-state index in [0.29, 0.717) is 24.9 Å². The number of morpholine rings is 1. The lowest BCUT2D eigenvalue weighted by Gasteiger charge is -2.39. The Balaban J connectivity index is 1.56. The predicted molar refractivity (Wildman–Crippen MR) is 96.8 cm³/mol. The zero-order valence-corrected chi connectivity index (χ0v) is 15.2. The summed E-state index contributed by atoms with van der Waals surface area (Å²) in [6, 6.07) is 5.72. The summed E-state index contributed by atoms with van der Waals surface area (Å²) < 4.78 is 5.76. The molecule has 0 bridgehead atoms. The monoisotopic (exact) mass is 345 g/mol. The Hall–Kier alpha value is -1.92. The summed E-state index contributed by atoms with van der Waals surface area (Å²) in [5, 5.41) is 5.87. The number of carbonyl (C=O) groups is 2. The van der Waals surface area contributed by atoms with E-state index in [0.717, 1.165) is 24.3 Å². The average Bonchev–Trinajstić information content (AvgIpc) is 2.58. The highest BCUT2D eigenvalue weighted by Crippen LogP contribution is 2.23. The van der Waals surface area contributed by atoms with Crippen LogP contribution in [0.3, 0.4) is 0 Å². The standard InChI is InChI=1S/C19H27N3O3/c1-12(22-10-13(2)25-14(3)11-22)9-20-19(24)16-4-6-17-15(8-16)5-7-18(23)21-17/h4,6,8,12-14H,5,7,9-11H2,1-3H3,(H,20,24)(H,21,23)/t12-,13+,14+/m0/s1. The SMILES string of the molecule is C[C@@H]1CN([C@@H](C)CNC(=O)c2ccc3c(c2)CCC(=O)N3)C[C@@H](C)O1. The van der Waals surface area contributed by atoms with Crippen LogP contribution in [-0.4, -0.2) is 54.6 Å². The third-order valence-electron chi connectivity index (χ3n) is 4.89. The molecule has 6 nitrogen and oxygen atoms in total. The van der Waals surface area contributed by atoms with E-state index in [1.165, 1.54) is 0 Å². The molecule has 1 aromatic carbocycles. The molecule has 2 heterocycles. The zero-order valence-electron chi connectivity index (χ0n) is 15.2. The Bertz CT molecular complexity index is 651. The van der Waals surface area contributed by atoms with Gasteiger partial charge >= 0.3 is 0 Å². The average molecular weight is 345 g/mol. The van der Waals surface area contributed by atoms with Crippen LogP contribution in [0, 0.1) is 0 Å². The molecule has 0 unspecified atom stereocenters. The highest BCUT2D eigenvalue weighted by atomic mass is 16.5. The first-order valence-corrected chi connectivity index (χ1v) is 9.03. The number of nitrogens with one attached hydrogen (secondary N) is 2. The number of nitrogens with zero attached hydrogens (tertiary/aromatic N) is 1. The van der Waals surface area contributed by atoms with Crippen LogP contribution in [0.5, 0.6) is 0 Å². The lowest BCUT2D eigenvalue weighted by atomic mass is 10.00. The van der Waals surface area contributed by atoms with Crippen LogP contribution in [0.2, 0.25) is 0 Å². The van der Waals surface area contributed by atoms with E-state index >= 15 is 0 Å². The second-order valence-corrected chi connectivity index (χ2v) is 7.19. The van der Waals surface area contributed by atoms with Crippen molar-refractivity contribution in [1.82, 2.24) is 10.2 Å². The van der Waals surface area contributed by atoms with E-state index in [2.05, 4.69) is 36.3 Å². The quantitative estimate of drug-likeness (QED) is 0.873. The second-order valence-electron chi connectivity index (χ2n) is 7.19.